The van der Waals surface area contributed by atoms with Crippen LogP contribution in [0.5, 0.6) is 0 Å². The van der Waals surface area contributed by atoms with Crippen LogP contribution >= 0.6 is 0 Å². The van der Waals surface area contributed by atoms with Gasteiger partial charge < -0.3 is 5.11 Å². The smallest absolute Gasteiger partial charge is 0.401 e. The number of carboxylic acid groups (broad SMARTS) is 1. The number of carboxylic acids is 1. The Morgan fingerprint density at radius 3 is 2.43 bits per heavy atom. The molecule has 0 spiro atoms. The van der Waals surface area contributed by atoms with Crippen molar-refractivity contribution in [1.29, 1.82) is 0 Å². The molecule has 0 unspecified atom stereocenters. The zero-order valence-electron chi connectivity index (χ0n) is 7.71. The number of alkyl halides is 3. The van der Waals surface area contributed by atoms with Gasteiger partial charge in [-0.25, -0.2) is 0 Å². The first-order valence-corrected chi connectivity index (χ1v) is 4.31. The van der Waals surface area contributed by atoms with Crippen LogP contribution in [0.3, 0.4) is 0 Å². The summed E-state index contributed by atoms with van der Waals surface area (Å²) in [6.07, 6.45) is -4.24. The largest absolute Gasteiger partial charge is 0.481 e. The summed E-state index contributed by atoms with van der Waals surface area (Å²) in [5, 5.41) is 8.69. The highest BCUT2D eigenvalue weighted by molar-refractivity contribution is 5.71. The van der Waals surface area contributed by atoms with E-state index in [2.05, 4.69) is 0 Å². The van der Waals surface area contributed by atoms with Gasteiger partial charge in [0.2, 0.25) is 0 Å². The Morgan fingerprint density at radius 1 is 1.50 bits per heavy atom. The third kappa shape index (κ3) is 2.87. The SMILES string of the molecule is C[C@@H]1CN(CC(F)(F)F)C[C@H]1C(=O)O. The number of aliphatic carboxylic acids is 1. The second kappa shape index (κ2) is 3.76. The molecule has 14 heavy (non-hydrogen) atoms. The lowest BCUT2D eigenvalue weighted by Gasteiger charge is -2.16. The lowest BCUT2D eigenvalue weighted by molar-refractivity contribution is -0.147. The van der Waals surface area contributed by atoms with Gasteiger partial charge in [0.05, 0.1) is 12.5 Å². The molecule has 0 amide bonds. The lowest BCUT2D eigenvalue weighted by Crippen LogP contribution is -2.33. The Kier molecular flexibility index (Phi) is 3.04. The molecule has 0 aromatic rings. The molecule has 1 aliphatic heterocycles. The first-order valence-electron chi connectivity index (χ1n) is 4.31. The molecule has 0 radical (unpaired) electrons. The normalized spacial score (nSPS) is 29.4. The molecular formula is C8H12F3NO2. The Bertz CT molecular complexity index is 229. The third-order valence-corrected chi connectivity index (χ3v) is 2.41. The number of halogens is 3. The minimum absolute atomic E-state index is 0.00396. The Morgan fingerprint density at radius 2 is 2.07 bits per heavy atom. The maximum atomic E-state index is 12.0. The molecule has 0 aliphatic carbocycles. The summed E-state index contributed by atoms with van der Waals surface area (Å²) in [5.41, 5.74) is 0. The van der Waals surface area contributed by atoms with E-state index < -0.39 is 24.6 Å². The first kappa shape index (κ1) is 11.3. The minimum Gasteiger partial charge on any atom is -0.481 e. The van der Waals surface area contributed by atoms with Crippen molar-refractivity contribution in [3.8, 4) is 0 Å². The number of nitrogens with zero attached hydrogens (tertiary/aromatic N) is 1. The van der Waals surface area contributed by atoms with E-state index in [-0.39, 0.29) is 19.0 Å². The Labute approximate surface area is 79.5 Å². The highest BCUT2D eigenvalue weighted by Crippen LogP contribution is 2.26. The topological polar surface area (TPSA) is 40.5 Å². The maximum Gasteiger partial charge on any atom is 0.401 e. The van der Waals surface area contributed by atoms with Crippen LogP contribution in [-0.2, 0) is 4.79 Å². The van der Waals surface area contributed by atoms with Gasteiger partial charge in [-0.1, -0.05) is 6.92 Å². The second-order valence-corrected chi connectivity index (χ2v) is 3.73. The fourth-order valence-corrected chi connectivity index (χ4v) is 1.77. The van der Waals surface area contributed by atoms with E-state index in [0.717, 1.165) is 4.90 Å². The molecule has 0 aromatic heterocycles. The summed E-state index contributed by atoms with van der Waals surface area (Å²) in [6, 6.07) is 0. The predicted molar refractivity (Wildman–Crippen MR) is 42.8 cm³/mol. The third-order valence-electron chi connectivity index (χ3n) is 2.41. The van der Waals surface area contributed by atoms with Crippen molar-refractivity contribution in [3.63, 3.8) is 0 Å². The maximum absolute atomic E-state index is 12.0. The van der Waals surface area contributed by atoms with Gasteiger partial charge in [0.25, 0.3) is 0 Å². The van der Waals surface area contributed by atoms with E-state index in [1.807, 2.05) is 0 Å². The molecule has 82 valence electrons. The van der Waals surface area contributed by atoms with Crippen LogP contribution in [0.2, 0.25) is 0 Å². The minimum atomic E-state index is -4.24. The van der Waals surface area contributed by atoms with Crippen molar-refractivity contribution in [2.45, 2.75) is 13.1 Å². The van der Waals surface area contributed by atoms with Crippen LogP contribution in [0, 0.1) is 11.8 Å². The van der Waals surface area contributed by atoms with Crippen LogP contribution in [0.15, 0.2) is 0 Å². The van der Waals surface area contributed by atoms with Crippen molar-refractivity contribution in [3.05, 3.63) is 0 Å². The molecule has 1 heterocycles. The number of hydrogen-bond acceptors (Lipinski definition) is 2. The highest BCUT2D eigenvalue weighted by Gasteiger charge is 2.39. The molecule has 0 saturated carbocycles. The summed E-state index contributed by atoms with van der Waals surface area (Å²) in [6.45, 7) is 0.850. The quantitative estimate of drug-likeness (QED) is 0.746. The van der Waals surface area contributed by atoms with Crippen molar-refractivity contribution < 1.29 is 23.1 Å². The molecule has 1 fully saturated rings. The molecule has 3 nitrogen and oxygen atoms in total. The van der Waals surface area contributed by atoms with E-state index in [9.17, 15) is 18.0 Å². The second-order valence-electron chi connectivity index (χ2n) is 3.73. The van der Waals surface area contributed by atoms with Gasteiger partial charge in [-0.05, 0) is 5.92 Å². The Balaban J connectivity index is 2.51. The van der Waals surface area contributed by atoms with Gasteiger partial charge in [-0.15, -0.1) is 0 Å². The average molecular weight is 211 g/mol. The van der Waals surface area contributed by atoms with Gasteiger partial charge >= 0.3 is 12.1 Å². The lowest BCUT2D eigenvalue weighted by atomic mass is 9.99. The number of carbonyl (C=O) groups is 1. The van der Waals surface area contributed by atoms with Gasteiger partial charge in [0, 0.05) is 13.1 Å². The van der Waals surface area contributed by atoms with Gasteiger partial charge in [-0.2, -0.15) is 13.2 Å². The van der Waals surface area contributed by atoms with E-state index in [1.165, 1.54) is 0 Å². The van der Waals surface area contributed by atoms with E-state index >= 15 is 0 Å². The molecule has 0 aromatic carbocycles. The molecule has 1 N–H and O–H groups in total. The number of hydrogen-bond donors (Lipinski definition) is 1. The molecule has 2 atom stereocenters. The van der Waals surface area contributed by atoms with Crippen molar-refractivity contribution in [2.75, 3.05) is 19.6 Å². The van der Waals surface area contributed by atoms with Crippen LogP contribution in [0.4, 0.5) is 13.2 Å². The van der Waals surface area contributed by atoms with E-state index in [4.69, 9.17) is 5.11 Å². The van der Waals surface area contributed by atoms with Crippen molar-refractivity contribution >= 4 is 5.97 Å². The van der Waals surface area contributed by atoms with Crippen molar-refractivity contribution in [2.24, 2.45) is 11.8 Å². The monoisotopic (exact) mass is 211 g/mol. The summed E-state index contributed by atoms with van der Waals surface area (Å²) >= 11 is 0. The molecule has 1 rings (SSSR count). The molecular weight excluding hydrogens is 199 g/mol. The van der Waals surface area contributed by atoms with Crippen LogP contribution in [-0.4, -0.2) is 41.8 Å². The van der Waals surface area contributed by atoms with E-state index in [0.29, 0.717) is 0 Å². The van der Waals surface area contributed by atoms with Crippen LogP contribution in [0.25, 0.3) is 0 Å². The van der Waals surface area contributed by atoms with Gasteiger partial charge in [0.15, 0.2) is 0 Å². The number of rotatable bonds is 2. The zero-order valence-corrected chi connectivity index (χ0v) is 7.71. The molecule has 1 saturated heterocycles. The highest BCUT2D eigenvalue weighted by atomic mass is 19.4. The first-order chi connectivity index (χ1) is 6.29. The summed E-state index contributed by atoms with van der Waals surface area (Å²) in [7, 11) is 0. The number of likely N-dealkylation sites (tertiary alicyclic amines) is 1. The summed E-state index contributed by atoms with van der Waals surface area (Å²) < 4.78 is 35.9. The van der Waals surface area contributed by atoms with E-state index in [1.54, 1.807) is 6.92 Å². The molecule has 6 heteroatoms. The fraction of sp³-hybridized carbons (Fsp3) is 0.875. The summed E-state index contributed by atoms with van der Waals surface area (Å²) in [5.74, 6) is -1.89. The molecule has 1 aliphatic rings. The summed E-state index contributed by atoms with van der Waals surface area (Å²) in [4.78, 5) is 11.8. The van der Waals surface area contributed by atoms with Crippen LogP contribution < -0.4 is 0 Å². The van der Waals surface area contributed by atoms with Crippen LogP contribution in [0.1, 0.15) is 6.92 Å². The fourth-order valence-electron chi connectivity index (χ4n) is 1.77. The molecule has 0 bridgehead atoms. The standard InChI is InChI=1S/C8H12F3NO2/c1-5-2-12(4-8(9,10)11)3-6(5)7(13)14/h5-6H,2-4H2,1H3,(H,13,14)/t5-,6-/m1/s1. The Hall–Kier alpha value is -0.780. The average Bonchev–Trinajstić information content (AvgIpc) is 2.26. The zero-order chi connectivity index (χ0) is 10.9. The van der Waals surface area contributed by atoms with Gasteiger partial charge in [0.1, 0.15) is 0 Å². The predicted octanol–water partition coefficient (Wildman–Crippen LogP) is 1.20. The van der Waals surface area contributed by atoms with Crippen molar-refractivity contribution in [1.82, 2.24) is 4.90 Å². The van der Waals surface area contributed by atoms with Gasteiger partial charge in [-0.3, -0.25) is 9.69 Å².